The van der Waals surface area contributed by atoms with Crippen molar-refractivity contribution < 1.29 is 4.74 Å². The van der Waals surface area contributed by atoms with Gasteiger partial charge < -0.3 is 10.1 Å². The number of ether oxygens (including phenoxy) is 1. The third-order valence-corrected chi connectivity index (χ3v) is 3.40. The zero-order chi connectivity index (χ0) is 10.1. The second kappa shape index (κ2) is 3.76. The Hall–Kier alpha value is -1.18. The van der Waals surface area contributed by atoms with Crippen LogP contribution < -0.4 is 10.1 Å². The maximum Gasteiger partial charge on any atom is 0.143 e. The molecule has 1 aromatic rings. The molecular weight excluding hydrogens is 186 g/mol. The van der Waals surface area contributed by atoms with E-state index in [0.29, 0.717) is 6.10 Å². The standard InChI is InChI=1S/C13H17NO/c1-2-6-11(5-1)15-12-7-3-4-10-8-9-14-13(10)12/h3-4,7,11,14H,1-2,5-6,8-9H2. The Bertz CT molecular complexity index is 356. The molecule has 2 aliphatic rings. The van der Waals surface area contributed by atoms with Gasteiger partial charge in [0.2, 0.25) is 0 Å². The molecule has 1 aromatic carbocycles. The molecule has 0 saturated heterocycles. The molecule has 1 aliphatic heterocycles. The summed E-state index contributed by atoms with van der Waals surface area (Å²) in [5, 5.41) is 3.42. The number of anilines is 1. The van der Waals surface area contributed by atoms with Crippen LogP contribution in [0.15, 0.2) is 18.2 Å². The molecule has 1 aliphatic carbocycles. The molecule has 80 valence electrons. The highest BCUT2D eigenvalue weighted by molar-refractivity contribution is 5.65. The summed E-state index contributed by atoms with van der Waals surface area (Å²) in [5.41, 5.74) is 2.65. The number of nitrogens with one attached hydrogen (secondary N) is 1. The van der Waals surface area contributed by atoms with Crippen molar-refractivity contribution in [3.05, 3.63) is 23.8 Å². The van der Waals surface area contributed by atoms with Crippen LogP contribution in [0, 0.1) is 0 Å². The van der Waals surface area contributed by atoms with Crippen LogP contribution in [-0.4, -0.2) is 12.6 Å². The van der Waals surface area contributed by atoms with Crippen LogP contribution in [0.4, 0.5) is 5.69 Å². The SMILES string of the molecule is c1cc2c(c(OC3CCCC3)c1)NCC2. The Morgan fingerprint density at radius 2 is 2.07 bits per heavy atom. The summed E-state index contributed by atoms with van der Waals surface area (Å²) in [5.74, 6) is 1.07. The molecule has 0 spiro atoms. The quantitative estimate of drug-likeness (QED) is 0.797. The van der Waals surface area contributed by atoms with Crippen LogP contribution >= 0.6 is 0 Å². The Morgan fingerprint density at radius 1 is 1.20 bits per heavy atom. The summed E-state index contributed by atoms with van der Waals surface area (Å²) in [4.78, 5) is 0. The van der Waals surface area contributed by atoms with Crippen molar-refractivity contribution in [3.8, 4) is 5.75 Å². The fraction of sp³-hybridized carbons (Fsp3) is 0.538. The summed E-state index contributed by atoms with van der Waals surface area (Å²) in [6.45, 7) is 1.06. The van der Waals surface area contributed by atoms with Crippen molar-refractivity contribution in [2.45, 2.75) is 38.2 Å². The van der Waals surface area contributed by atoms with E-state index in [1.165, 1.54) is 36.9 Å². The van der Waals surface area contributed by atoms with Crippen molar-refractivity contribution in [2.75, 3.05) is 11.9 Å². The minimum Gasteiger partial charge on any atom is -0.488 e. The van der Waals surface area contributed by atoms with E-state index in [1.807, 2.05) is 0 Å². The molecule has 1 fully saturated rings. The van der Waals surface area contributed by atoms with Crippen molar-refractivity contribution in [2.24, 2.45) is 0 Å². The lowest BCUT2D eigenvalue weighted by molar-refractivity contribution is 0.211. The molecule has 1 heterocycles. The summed E-state index contributed by atoms with van der Waals surface area (Å²) >= 11 is 0. The Morgan fingerprint density at radius 3 is 2.93 bits per heavy atom. The first-order valence-corrected chi connectivity index (χ1v) is 5.96. The molecule has 0 unspecified atom stereocenters. The fourth-order valence-electron chi connectivity index (χ4n) is 2.59. The van der Waals surface area contributed by atoms with Crippen molar-refractivity contribution in [3.63, 3.8) is 0 Å². The molecule has 15 heavy (non-hydrogen) atoms. The van der Waals surface area contributed by atoms with Crippen molar-refractivity contribution >= 4 is 5.69 Å². The van der Waals surface area contributed by atoms with E-state index in [9.17, 15) is 0 Å². The van der Waals surface area contributed by atoms with E-state index >= 15 is 0 Å². The molecular formula is C13H17NO. The van der Waals surface area contributed by atoms with Crippen LogP contribution in [0.1, 0.15) is 31.2 Å². The largest absolute Gasteiger partial charge is 0.488 e. The average molecular weight is 203 g/mol. The molecule has 2 heteroatoms. The average Bonchev–Trinajstić information content (AvgIpc) is 2.87. The highest BCUT2D eigenvalue weighted by atomic mass is 16.5. The number of fused-ring (bicyclic) bond motifs is 1. The van der Waals surface area contributed by atoms with Gasteiger partial charge in [0.25, 0.3) is 0 Å². The predicted molar refractivity (Wildman–Crippen MR) is 61.5 cm³/mol. The number of benzene rings is 1. The predicted octanol–water partition coefficient (Wildman–Crippen LogP) is 2.98. The van der Waals surface area contributed by atoms with Crippen LogP contribution in [0.3, 0.4) is 0 Å². The third-order valence-electron chi connectivity index (χ3n) is 3.40. The molecule has 1 saturated carbocycles. The Balaban J connectivity index is 1.82. The van der Waals surface area contributed by atoms with Crippen molar-refractivity contribution in [1.82, 2.24) is 0 Å². The highest BCUT2D eigenvalue weighted by Crippen LogP contribution is 2.35. The maximum absolute atomic E-state index is 6.06. The second-order valence-corrected chi connectivity index (χ2v) is 4.49. The first-order valence-electron chi connectivity index (χ1n) is 5.96. The van der Waals surface area contributed by atoms with E-state index in [0.717, 1.165) is 18.7 Å². The minimum atomic E-state index is 0.457. The topological polar surface area (TPSA) is 21.3 Å². The van der Waals surface area contributed by atoms with Gasteiger partial charge in [0, 0.05) is 6.54 Å². The van der Waals surface area contributed by atoms with Gasteiger partial charge in [0.1, 0.15) is 5.75 Å². The Labute approximate surface area is 90.6 Å². The minimum absolute atomic E-state index is 0.457. The van der Waals surface area contributed by atoms with Gasteiger partial charge in [-0.25, -0.2) is 0 Å². The number of para-hydroxylation sites is 1. The monoisotopic (exact) mass is 203 g/mol. The van der Waals surface area contributed by atoms with Gasteiger partial charge in [0.15, 0.2) is 0 Å². The molecule has 1 N–H and O–H groups in total. The lowest BCUT2D eigenvalue weighted by atomic mass is 10.1. The van der Waals surface area contributed by atoms with E-state index in [1.54, 1.807) is 0 Å². The van der Waals surface area contributed by atoms with Gasteiger partial charge in [-0.05, 0) is 43.7 Å². The number of rotatable bonds is 2. The van der Waals surface area contributed by atoms with Crippen LogP contribution in [-0.2, 0) is 6.42 Å². The summed E-state index contributed by atoms with van der Waals surface area (Å²) in [7, 11) is 0. The van der Waals surface area contributed by atoms with Crippen LogP contribution in [0.5, 0.6) is 5.75 Å². The summed E-state index contributed by atoms with van der Waals surface area (Å²) in [6.07, 6.45) is 6.70. The van der Waals surface area contributed by atoms with Gasteiger partial charge in [-0.2, -0.15) is 0 Å². The number of hydrogen-bond acceptors (Lipinski definition) is 2. The van der Waals surface area contributed by atoms with E-state index in [2.05, 4.69) is 23.5 Å². The maximum atomic E-state index is 6.06. The molecule has 2 nitrogen and oxygen atoms in total. The second-order valence-electron chi connectivity index (χ2n) is 4.49. The molecule has 0 atom stereocenters. The molecule has 0 aromatic heterocycles. The van der Waals surface area contributed by atoms with Gasteiger partial charge in [-0.3, -0.25) is 0 Å². The molecule has 0 amide bonds. The van der Waals surface area contributed by atoms with E-state index in [-0.39, 0.29) is 0 Å². The van der Waals surface area contributed by atoms with Gasteiger partial charge >= 0.3 is 0 Å². The highest BCUT2D eigenvalue weighted by Gasteiger charge is 2.20. The molecule has 0 bridgehead atoms. The normalized spacial score (nSPS) is 20.0. The smallest absolute Gasteiger partial charge is 0.143 e. The number of hydrogen-bond donors (Lipinski definition) is 1. The molecule has 0 radical (unpaired) electrons. The van der Waals surface area contributed by atoms with E-state index in [4.69, 9.17) is 4.74 Å². The molecule has 3 rings (SSSR count). The zero-order valence-corrected chi connectivity index (χ0v) is 8.96. The summed E-state index contributed by atoms with van der Waals surface area (Å²) in [6, 6.07) is 6.39. The first kappa shape index (κ1) is 9.08. The fourth-order valence-corrected chi connectivity index (χ4v) is 2.59. The zero-order valence-electron chi connectivity index (χ0n) is 8.96. The van der Waals surface area contributed by atoms with Crippen molar-refractivity contribution in [1.29, 1.82) is 0 Å². The van der Waals surface area contributed by atoms with Gasteiger partial charge in [0.05, 0.1) is 11.8 Å². The van der Waals surface area contributed by atoms with Gasteiger partial charge in [-0.1, -0.05) is 12.1 Å². The lowest BCUT2D eigenvalue weighted by Gasteiger charge is -2.16. The van der Waals surface area contributed by atoms with E-state index < -0.39 is 0 Å². The van der Waals surface area contributed by atoms with Crippen LogP contribution in [0.25, 0.3) is 0 Å². The first-order chi connectivity index (χ1) is 7.43. The summed E-state index contributed by atoms with van der Waals surface area (Å²) < 4.78 is 6.06. The van der Waals surface area contributed by atoms with Crippen LogP contribution in [0.2, 0.25) is 0 Å². The van der Waals surface area contributed by atoms with Gasteiger partial charge in [-0.15, -0.1) is 0 Å². The third kappa shape index (κ3) is 1.69. The lowest BCUT2D eigenvalue weighted by Crippen LogP contribution is -2.11. The Kier molecular flexibility index (Phi) is 2.28.